The monoisotopic (exact) mass is 224 g/mol. The van der Waals surface area contributed by atoms with Gasteiger partial charge in [-0.25, -0.2) is 0 Å². The molecule has 1 nitrogen and oxygen atoms in total. The number of halogens is 1. The van der Waals surface area contributed by atoms with Crippen molar-refractivity contribution >= 4 is 15.9 Å². The predicted molar refractivity (Wildman–Crippen MR) is 52.0 cm³/mol. The lowest BCUT2D eigenvalue weighted by Gasteiger charge is -1.94. The Morgan fingerprint density at radius 2 is 2.00 bits per heavy atom. The van der Waals surface area contributed by atoms with E-state index in [0.717, 1.165) is 4.47 Å². The first-order chi connectivity index (χ1) is 5.81. The largest absolute Gasteiger partial charge is 0.360 e. The van der Waals surface area contributed by atoms with E-state index >= 15 is 0 Å². The highest BCUT2D eigenvalue weighted by atomic mass is 79.9. The molecule has 62 valence electrons. The van der Waals surface area contributed by atoms with Gasteiger partial charge in [-0.1, -0.05) is 34.1 Å². The molecule has 1 aliphatic heterocycles. The predicted octanol–water partition coefficient (Wildman–Crippen LogP) is 3.08. The van der Waals surface area contributed by atoms with Crippen molar-refractivity contribution < 1.29 is 4.74 Å². The number of hydrogen-bond acceptors (Lipinski definition) is 1. The van der Waals surface area contributed by atoms with Crippen LogP contribution in [0.2, 0.25) is 0 Å². The third-order valence-electron chi connectivity index (χ3n) is 1.96. The summed E-state index contributed by atoms with van der Waals surface area (Å²) in [6.45, 7) is 3.68. The van der Waals surface area contributed by atoms with Crippen LogP contribution in [0.3, 0.4) is 0 Å². The second-order valence-electron chi connectivity index (χ2n) is 2.81. The molecular formula is C10H9BrO. The van der Waals surface area contributed by atoms with Crippen LogP contribution in [0.4, 0.5) is 0 Å². The third-order valence-corrected chi connectivity index (χ3v) is 2.49. The minimum atomic E-state index is 0.228. The first-order valence-corrected chi connectivity index (χ1v) is 4.64. The summed E-state index contributed by atoms with van der Waals surface area (Å²) in [4.78, 5) is 0. The van der Waals surface area contributed by atoms with E-state index in [1.807, 2.05) is 18.2 Å². The van der Waals surface area contributed by atoms with Crippen LogP contribution in [-0.2, 0) is 4.74 Å². The molecule has 2 heteroatoms. The molecule has 0 saturated carbocycles. The summed E-state index contributed by atoms with van der Waals surface area (Å²) in [6.07, 6.45) is 2.31. The summed E-state index contributed by atoms with van der Waals surface area (Å²) in [6, 6.07) is 8.19. The Balaban J connectivity index is 2.15. The normalized spacial score (nSPS) is 26.8. The van der Waals surface area contributed by atoms with Crippen molar-refractivity contribution in [3.63, 3.8) is 0 Å². The van der Waals surface area contributed by atoms with E-state index < -0.39 is 0 Å². The van der Waals surface area contributed by atoms with Crippen LogP contribution in [0.15, 0.2) is 41.4 Å². The van der Waals surface area contributed by atoms with Crippen molar-refractivity contribution in [1.29, 1.82) is 0 Å². The molecule has 2 atom stereocenters. The van der Waals surface area contributed by atoms with Gasteiger partial charge in [0, 0.05) is 4.47 Å². The summed E-state index contributed by atoms with van der Waals surface area (Å²) < 4.78 is 6.46. The Bertz CT molecular complexity index is 291. The zero-order valence-electron chi connectivity index (χ0n) is 6.53. The van der Waals surface area contributed by atoms with Crippen LogP contribution in [0.25, 0.3) is 0 Å². The Kier molecular flexibility index (Phi) is 2.03. The van der Waals surface area contributed by atoms with Gasteiger partial charge in [0.1, 0.15) is 12.2 Å². The number of epoxide rings is 1. The number of rotatable bonds is 2. The van der Waals surface area contributed by atoms with Gasteiger partial charge in [-0.3, -0.25) is 0 Å². The first-order valence-electron chi connectivity index (χ1n) is 3.85. The van der Waals surface area contributed by atoms with Gasteiger partial charge < -0.3 is 4.74 Å². The number of hydrogen-bond donors (Lipinski definition) is 0. The lowest BCUT2D eigenvalue weighted by Crippen LogP contribution is -1.82. The fraction of sp³-hybridized carbons (Fsp3) is 0.200. The Morgan fingerprint density at radius 3 is 2.50 bits per heavy atom. The van der Waals surface area contributed by atoms with Crippen molar-refractivity contribution in [3.8, 4) is 0 Å². The summed E-state index contributed by atoms with van der Waals surface area (Å²) >= 11 is 3.39. The lowest BCUT2D eigenvalue weighted by atomic mass is 10.1. The standard InChI is InChI=1S/C10H9BrO/c1-2-9-10(12-9)7-3-5-8(11)6-4-7/h2-6,9-10H,1H2. The minimum absolute atomic E-state index is 0.228. The van der Waals surface area contributed by atoms with E-state index in [0.29, 0.717) is 0 Å². The Labute approximate surface area is 80.2 Å². The molecule has 0 aliphatic carbocycles. The molecule has 2 rings (SSSR count). The molecule has 1 aromatic carbocycles. The van der Waals surface area contributed by atoms with Gasteiger partial charge in [-0.05, 0) is 17.7 Å². The highest BCUT2D eigenvalue weighted by Gasteiger charge is 2.37. The fourth-order valence-corrected chi connectivity index (χ4v) is 1.49. The maximum atomic E-state index is 5.36. The van der Waals surface area contributed by atoms with Crippen molar-refractivity contribution in [2.24, 2.45) is 0 Å². The van der Waals surface area contributed by atoms with Crippen LogP contribution >= 0.6 is 15.9 Å². The van der Waals surface area contributed by atoms with Crippen molar-refractivity contribution in [2.45, 2.75) is 12.2 Å². The van der Waals surface area contributed by atoms with Gasteiger partial charge in [-0.15, -0.1) is 6.58 Å². The van der Waals surface area contributed by atoms with Crippen LogP contribution in [0, 0.1) is 0 Å². The fourth-order valence-electron chi connectivity index (χ4n) is 1.22. The molecule has 1 aromatic rings. The van der Waals surface area contributed by atoms with Crippen LogP contribution in [0.5, 0.6) is 0 Å². The maximum absolute atomic E-state index is 5.36. The summed E-state index contributed by atoms with van der Waals surface area (Å²) in [7, 11) is 0. The third kappa shape index (κ3) is 1.45. The molecule has 0 N–H and O–H groups in total. The van der Waals surface area contributed by atoms with Gasteiger partial charge in [-0.2, -0.15) is 0 Å². The summed E-state index contributed by atoms with van der Waals surface area (Å²) in [5, 5.41) is 0. The van der Waals surface area contributed by atoms with E-state index in [4.69, 9.17) is 4.74 Å². The minimum Gasteiger partial charge on any atom is -0.360 e. The zero-order chi connectivity index (χ0) is 8.55. The van der Waals surface area contributed by atoms with E-state index in [1.54, 1.807) is 0 Å². The van der Waals surface area contributed by atoms with Crippen LogP contribution in [-0.4, -0.2) is 6.10 Å². The quantitative estimate of drug-likeness (QED) is 0.556. The average Bonchev–Trinajstić information content (AvgIpc) is 2.85. The highest BCUT2D eigenvalue weighted by molar-refractivity contribution is 9.10. The molecule has 0 aromatic heterocycles. The smallest absolute Gasteiger partial charge is 0.113 e. The SMILES string of the molecule is C=CC1OC1c1ccc(Br)cc1. The van der Waals surface area contributed by atoms with E-state index in [1.165, 1.54) is 5.56 Å². The maximum Gasteiger partial charge on any atom is 0.113 e. The molecular weight excluding hydrogens is 216 g/mol. The summed E-state index contributed by atoms with van der Waals surface area (Å²) in [5.41, 5.74) is 1.23. The molecule has 0 spiro atoms. The van der Waals surface area contributed by atoms with E-state index in [-0.39, 0.29) is 12.2 Å². The van der Waals surface area contributed by atoms with E-state index in [9.17, 15) is 0 Å². The van der Waals surface area contributed by atoms with E-state index in [2.05, 4.69) is 34.6 Å². The average molecular weight is 225 g/mol. The van der Waals surface area contributed by atoms with Crippen LogP contribution < -0.4 is 0 Å². The molecule has 0 radical (unpaired) electrons. The van der Waals surface area contributed by atoms with Gasteiger partial charge in [0.25, 0.3) is 0 Å². The molecule has 2 unspecified atom stereocenters. The second-order valence-corrected chi connectivity index (χ2v) is 3.72. The zero-order valence-corrected chi connectivity index (χ0v) is 8.12. The summed E-state index contributed by atoms with van der Waals surface area (Å²) in [5.74, 6) is 0. The molecule has 0 amide bonds. The van der Waals surface area contributed by atoms with Crippen molar-refractivity contribution in [2.75, 3.05) is 0 Å². The van der Waals surface area contributed by atoms with Gasteiger partial charge in [0.05, 0.1) is 0 Å². The molecule has 1 heterocycles. The molecule has 1 aliphatic rings. The molecule has 0 bridgehead atoms. The van der Waals surface area contributed by atoms with Gasteiger partial charge in [0.2, 0.25) is 0 Å². The molecule has 1 saturated heterocycles. The highest BCUT2D eigenvalue weighted by Crippen LogP contribution is 2.39. The van der Waals surface area contributed by atoms with Crippen LogP contribution in [0.1, 0.15) is 11.7 Å². The Hall–Kier alpha value is -0.600. The van der Waals surface area contributed by atoms with Crippen molar-refractivity contribution in [3.05, 3.63) is 47.0 Å². The number of benzene rings is 1. The topological polar surface area (TPSA) is 12.5 Å². The second kappa shape index (κ2) is 3.04. The lowest BCUT2D eigenvalue weighted by molar-refractivity contribution is 0.394. The van der Waals surface area contributed by atoms with Gasteiger partial charge in [0.15, 0.2) is 0 Å². The Morgan fingerprint density at radius 1 is 1.33 bits per heavy atom. The van der Waals surface area contributed by atoms with Gasteiger partial charge >= 0.3 is 0 Å². The first kappa shape index (κ1) is 8.02. The number of ether oxygens (including phenoxy) is 1. The van der Waals surface area contributed by atoms with Crippen molar-refractivity contribution in [1.82, 2.24) is 0 Å². The molecule has 12 heavy (non-hydrogen) atoms. The molecule has 1 fully saturated rings.